The molecule has 0 N–H and O–H groups in total. The summed E-state index contributed by atoms with van der Waals surface area (Å²) in [6.07, 6.45) is 1.87. The maximum Gasteiger partial charge on any atom is 0.0720 e. The molecular formula is C29H23NP2S3. The molecule has 0 aliphatic carbocycles. The molecule has 2 aromatic carbocycles. The van der Waals surface area contributed by atoms with Gasteiger partial charge in [0, 0.05) is 35.9 Å². The van der Waals surface area contributed by atoms with E-state index in [1.165, 1.54) is 24.5 Å². The van der Waals surface area contributed by atoms with E-state index in [4.69, 9.17) is 0 Å². The van der Waals surface area contributed by atoms with E-state index in [1.807, 2.05) is 46.3 Å². The summed E-state index contributed by atoms with van der Waals surface area (Å²) in [6, 6.07) is 40.6. The number of nitrogens with zero attached hydrogens (tertiary/aromatic N) is 1. The first kappa shape index (κ1) is 24.3. The van der Waals surface area contributed by atoms with Gasteiger partial charge < -0.3 is 0 Å². The Kier molecular flexibility index (Phi) is 8.66. The molecule has 6 rings (SSSR count). The van der Waals surface area contributed by atoms with Gasteiger partial charge >= 0.3 is 0 Å². The monoisotopic (exact) mass is 543 g/mol. The van der Waals surface area contributed by atoms with Gasteiger partial charge in [-0.25, -0.2) is 0 Å². The number of pyridine rings is 1. The van der Waals surface area contributed by atoms with Crippen LogP contribution >= 0.6 is 49.9 Å². The van der Waals surface area contributed by atoms with Gasteiger partial charge in [0.15, 0.2) is 0 Å². The van der Waals surface area contributed by atoms with Gasteiger partial charge in [0.25, 0.3) is 0 Å². The number of aromatic nitrogens is 1. The largest absolute Gasteiger partial charge is 0.256 e. The lowest BCUT2D eigenvalue weighted by atomic mass is 10.4. The second kappa shape index (κ2) is 12.5. The standard InChI is InChI=1S/C17H14NP.C12H9PS3/c1-3-9-15(10-4-1)19(16-11-5-2-6-12-16)17-13-7-8-14-18-17;1-4-10(14-7-1)13(11-5-2-8-15-11)12-6-3-9-16-12/h1-14H;1-9H. The smallest absolute Gasteiger partial charge is 0.0720 e. The highest BCUT2D eigenvalue weighted by Crippen LogP contribution is 2.37. The van der Waals surface area contributed by atoms with Crippen LogP contribution in [0.2, 0.25) is 0 Å². The quantitative estimate of drug-likeness (QED) is 0.220. The van der Waals surface area contributed by atoms with Crippen molar-refractivity contribution in [1.29, 1.82) is 0 Å². The number of rotatable bonds is 6. The molecule has 172 valence electrons. The Labute approximate surface area is 221 Å². The topological polar surface area (TPSA) is 12.9 Å². The molecule has 0 amide bonds. The normalized spacial score (nSPS) is 10.8. The van der Waals surface area contributed by atoms with E-state index in [2.05, 4.69) is 130 Å². The maximum absolute atomic E-state index is 4.56. The van der Waals surface area contributed by atoms with Crippen LogP contribution in [0.4, 0.5) is 0 Å². The van der Waals surface area contributed by atoms with Crippen LogP contribution in [-0.2, 0) is 0 Å². The van der Waals surface area contributed by atoms with Crippen molar-refractivity contribution in [1.82, 2.24) is 4.98 Å². The lowest BCUT2D eigenvalue weighted by molar-refractivity contribution is 1.39. The zero-order valence-electron chi connectivity index (χ0n) is 18.8. The molecule has 0 unspecified atom stereocenters. The minimum absolute atomic E-state index is 0.279. The van der Waals surface area contributed by atoms with Crippen LogP contribution in [0.5, 0.6) is 0 Å². The zero-order chi connectivity index (χ0) is 23.7. The highest BCUT2D eigenvalue weighted by molar-refractivity contribution is 7.90. The first-order valence-corrected chi connectivity index (χ1v) is 16.4. The van der Waals surface area contributed by atoms with Crippen LogP contribution in [0, 0.1) is 0 Å². The van der Waals surface area contributed by atoms with Crippen LogP contribution in [0.3, 0.4) is 0 Å². The molecule has 4 heterocycles. The van der Waals surface area contributed by atoms with Crippen molar-refractivity contribution in [3.8, 4) is 0 Å². The molecule has 35 heavy (non-hydrogen) atoms. The van der Waals surface area contributed by atoms with Crippen molar-refractivity contribution in [3.63, 3.8) is 0 Å². The predicted octanol–water partition coefficient (Wildman–Crippen LogP) is 6.47. The molecule has 0 fully saturated rings. The molecule has 0 radical (unpaired) electrons. The van der Waals surface area contributed by atoms with Crippen LogP contribution in [0.25, 0.3) is 0 Å². The Morgan fingerprint density at radius 2 is 0.886 bits per heavy atom. The molecule has 0 bridgehead atoms. The number of benzene rings is 2. The minimum atomic E-state index is -0.557. The van der Waals surface area contributed by atoms with E-state index >= 15 is 0 Å². The van der Waals surface area contributed by atoms with Gasteiger partial charge in [0.05, 0.1) is 5.44 Å². The van der Waals surface area contributed by atoms with Gasteiger partial charge in [0.2, 0.25) is 0 Å². The zero-order valence-corrected chi connectivity index (χ0v) is 23.1. The van der Waals surface area contributed by atoms with E-state index in [9.17, 15) is 0 Å². The van der Waals surface area contributed by atoms with Crippen LogP contribution < -0.4 is 29.9 Å². The summed E-state index contributed by atoms with van der Waals surface area (Å²) in [6.45, 7) is 0. The van der Waals surface area contributed by atoms with Crippen molar-refractivity contribution >= 4 is 79.8 Å². The first-order chi connectivity index (χ1) is 17.4. The molecule has 0 aliphatic heterocycles. The molecule has 0 saturated carbocycles. The summed E-state index contributed by atoms with van der Waals surface area (Å²) in [5, 5.41) is 9.19. The average Bonchev–Trinajstić information content (AvgIpc) is 3.72. The summed E-state index contributed by atoms with van der Waals surface area (Å²) in [4.78, 5) is 4.56. The maximum atomic E-state index is 4.56. The summed E-state index contributed by atoms with van der Waals surface area (Å²) in [7, 11) is -0.836. The van der Waals surface area contributed by atoms with Gasteiger partial charge in [-0.05, 0) is 57.1 Å². The SMILES string of the molecule is c1ccc(P(c2ccccc2)c2ccccn2)cc1.c1csc(P(c2cccs2)c2cccs2)c1. The predicted molar refractivity (Wildman–Crippen MR) is 162 cm³/mol. The van der Waals surface area contributed by atoms with Crippen LogP contribution in [0.1, 0.15) is 0 Å². The fourth-order valence-electron chi connectivity index (χ4n) is 3.57. The molecule has 4 aromatic heterocycles. The first-order valence-electron chi connectivity index (χ1n) is 11.1. The third-order valence-electron chi connectivity index (χ3n) is 5.09. The van der Waals surface area contributed by atoms with E-state index in [0.717, 1.165) is 5.44 Å². The van der Waals surface area contributed by atoms with Gasteiger partial charge in [-0.2, -0.15) is 0 Å². The van der Waals surface area contributed by atoms with Gasteiger partial charge in [-0.3, -0.25) is 4.98 Å². The second-order valence-corrected chi connectivity index (χ2v) is 15.4. The molecule has 0 atom stereocenters. The molecule has 6 aromatic rings. The Morgan fingerprint density at radius 3 is 1.26 bits per heavy atom. The summed E-state index contributed by atoms with van der Waals surface area (Å²) in [5.41, 5.74) is 1.15. The third kappa shape index (κ3) is 6.22. The van der Waals surface area contributed by atoms with E-state index in [0.29, 0.717) is 0 Å². The fraction of sp³-hybridized carbons (Fsp3) is 0. The van der Waals surface area contributed by atoms with Gasteiger partial charge in [-0.1, -0.05) is 84.9 Å². The number of hydrogen-bond donors (Lipinski definition) is 0. The number of thiophene rings is 3. The molecule has 0 saturated heterocycles. The lowest BCUT2D eigenvalue weighted by Crippen LogP contribution is -2.22. The molecule has 1 nitrogen and oxygen atoms in total. The third-order valence-corrected chi connectivity index (χ3v) is 13.8. The van der Waals surface area contributed by atoms with Crippen LogP contribution in [0.15, 0.2) is 138 Å². The fourth-order valence-corrected chi connectivity index (χ4v) is 12.6. The van der Waals surface area contributed by atoms with Crippen molar-refractivity contribution in [3.05, 3.63) is 138 Å². The summed E-state index contributed by atoms with van der Waals surface area (Å²) in [5.74, 6) is 0. The highest BCUT2D eigenvalue weighted by Gasteiger charge is 2.19. The van der Waals surface area contributed by atoms with E-state index in [1.54, 1.807) is 0 Å². The Bertz CT molecular complexity index is 1200. The molecule has 6 heteroatoms. The lowest BCUT2D eigenvalue weighted by Gasteiger charge is -2.17. The Hall–Kier alpha value is -2.45. The highest BCUT2D eigenvalue weighted by atomic mass is 32.1. The van der Waals surface area contributed by atoms with Crippen molar-refractivity contribution in [2.75, 3.05) is 0 Å². The van der Waals surface area contributed by atoms with Crippen molar-refractivity contribution < 1.29 is 0 Å². The average molecular weight is 544 g/mol. The molecule has 0 spiro atoms. The van der Waals surface area contributed by atoms with Gasteiger partial charge in [0.1, 0.15) is 0 Å². The Balaban J connectivity index is 0.000000147. The summed E-state index contributed by atoms with van der Waals surface area (Å²) >= 11 is 5.61. The molecule has 0 aliphatic rings. The Morgan fingerprint density at radius 1 is 0.429 bits per heavy atom. The van der Waals surface area contributed by atoms with E-state index in [-0.39, 0.29) is 7.92 Å². The van der Waals surface area contributed by atoms with Crippen molar-refractivity contribution in [2.45, 2.75) is 0 Å². The van der Waals surface area contributed by atoms with Gasteiger partial charge in [-0.15, -0.1) is 34.0 Å². The van der Waals surface area contributed by atoms with E-state index < -0.39 is 7.92 Å². The minimum Gasteiger partial charge on any atom is -0.256 e. The molecular weight excluding hydrogens is 520 g/mol. The van der Waals surface area contributed by atoms with Crippen molar-refractivity contribution in [2.24, 2.45) is 0 Å². The second-order valence-electron chi connectivity index (χ2n) is 7.38. The van der Waals surface area contributed by atoms with Crippen LogP contribution in [-0.4, -0.2) is 4.98 Å². The number of hydrogen-bond acceptors (Lipinski definition) is 4. The summed E-state index contributed by atoms with van der Waals surface area (Å²) < 4.78 is 4.50.